The van der Waals surface area contributed by atoms with E-state index in [1.54, 1.807) is 6.92 Å². The van der Waals surface area contributed by atoms with Gasteiger partial charge in [-0.2, -0.15) is 0 Å². The smallest absolute Gasteiger partial charge is 0.331 e. The Morgan fingerprint density at radius 3 is 1.33 bits per heavy atom. The number of carbonyl (C=O) groups is 4. The van der Waals surface area contributed by atoms with Gasteiger partial charge in [-0.15, -0.1) is 0 Å². The molecule has 4 aromatic carbocycles. The summed E-state index contributed by atoms with van der Waals surface area (Å²) in [5, 5.41) is 39.0. The summed E-state index contributed by atoms with van der Waals surface area (Å²) in [5.74, 6) is 7.69. The molecule has 0 bridgehead atoms. The van der Waals surface area contributed by atoms with Crippen molar-refractivity contribution >= 4 is 46.5 Å². The summed E-state index contributed by atoms with van der Waals surface area (Å²) in [6, 6.07) is 35.7. The van der Waals surface area contributed by atoms with Crippen molar-refractivity contribution in [2.75, 3.05) is 9.80 Å². The first-order valence-corrected chi connectivity index (χ1v) is 21.3. The van der Waals surface area contributed by atoms with Gasteiger partial charge in [0.05, 0.1) is 0 Å². The monoisotopic (exact) mass is 906 g/mol. The van der Waals surface area contributed by atoms with Crippen LogP contribution in [0.3, 0.4) is 0 Å². The number of aliphatic carboxylic acids is 1. The SMILES string of the molecule is C[C@@H](O)C#CC(=O)N(c1ccccc1)c1ccccc1.C[C@H](C#CC(=O)N(c1ccccc1)c1ccccc1)OC(=O)/C=C/C1=CCCC([N+](=O)[O-])C1.O=C(O)/C=C/C1=CCCC([N+](=O)[O-])C1. The molecular weight excluding hydrogens is 857 g/mol. The van der Waals surface area contributed by atoms with Crippen molar-refractivity contribution in [1.82, 2.24) is 0 Å². The zero-order chi connectivity index (χ0) is 48.6. The minimum absolute atomic E-state index is 0.287. The molecule has 0 radical (unpaired) electrons. The van der Waals surface area contributed by atoms with E-state index in [9.17, 15) is 44.5 Å². The maximum absolute atomic E-state index is 12.9. The molecule has 344 valence electrons. The average molecular weight is 907 g/mol. The van der Waals surface area contributed by atoms with Gasteiger partial charge in [0, 0.05) is 70.4 Å². The number of carbonyl (C=O) groups excluding carboxylic acids is 3. The number of anilines is 4. The summed E-state index contributed by atoms with van der Waals surface area (Å²) in [5.41, 5.74) is 4.29. The van der Waals surface area contributed by atoms with Gasteiger partial charge in [-0.1, -0.05) is 103 Å². The molecule has 15 heteroatoms. The Morgan fingerprint density at radius 2 is 0.985 bits per heavy atom. The molecular formula is C52H50N4O11. The highest BCUT2D eigenvalue weighted by Crippen LogP contribution is 2.27. The number of ether oxygens (including phenoxy) is 1. The number of rotatable bonds is 11. The molecule has 0 heterocycles. The number of allylic oxidation sites excluding steroid dienone is 4. The first kappa shape index (κ1) is 51.2. The molecule has 0 saturated carbocycles. The van der Waals surface area contributed by atoms with Crippen LogP contribution >= 0.6 is 0 Å². The predicted octanol–water partition coefficient (Wildman–Crippen LogP) is 8.72. The van der Waals surface area contributed by atoms with Crippen molar-refractivity contribution in [2.24, 2.45) is 0 Å². The standard InChI is InChI=1S/C26H24N2O5.C17H15NO2.C9H11NO4/c1-20(33-26(30)18-16-21-9-8-14-24(19-21)28(31)32)15-17-25(29)27(22-10-4-2-5-11-22)23-12-6-3-7-13-23;1-14(19)12-13-17(20)18(15-8-4-2-5-9-15)16-10-6-3-7-11-16;11-9(12)5-4-7-2-1-3-8(6-7)10(13)14/h2-7,9-13,16,18,20,24H,8,14,19H2,1H3;2-11,14,19H,1H3;2,4-5,8H,1,3,6H2,(H,11,12)/b18-16+;;5-4+/t20-,24?;14-;/m11./s1. The molecule has 6 rings (SSSR count). The molecule has 2 unspecified atom stereocenters. The number of hydrogen-bond acceptors (Lipinski definition) is 10. The number of benzene rings is 4. The lowest BCUT2D eigenvalue weighted by atomic mass is 9.95. The summed E-state index contributed by atoms with van der Waals surface area (Å²) in [7, 11) is 0. The summed E-state index contributed by atoms with van der Waals surface area (Å²) in [4.78, 5) is 71.3. The normalized spacial score (nSPS) is 15.9. The quantitative estimate of drug-likeness (QED) is 0.0478. The van der Waals surface area contributed by atoms with Crippen LogP contribution in [0.2, 0.25) is 0 Å². The van der Waals surface area contributed by atoms with Crippen LogP contribution in [0.4, 0.5) is 22.7 Å². The number of carboxylic acids is 1. The Labute approximate surface area is 388 Å². The van der Waals surface area contributed by atoms with E-state index in [1.807, 2.05) is 133 Å². The Morgan fingerprint density at radius 1 is 0.627 bits per heavy atom. The van der Waals surface area contributed by atoms with Gasteiger partial charge in [0.1, 0.15) is 6.10 Å². The van der Waals surface area contributed by atoms with Crippen LogP contribution in [0, 0.1) is 43.9 Å². The van der Waals surface area contributed by atoms with E-state index in [4.69, 9.17) is 9.84 Å². The van der Waals surface area contributed by atoms with E-state index in [0.717, 1.165) is 28.6 Å². The molecule has 4 atom stereocenters. The van der Waals surface area contributed by atoms with Crippen LogP contribution in [0.1, 0.15) is 52.4 Å². The molecule has 0 spiro atoms. The average Bonchev–Trinajstić information content (AvgIpc) is 3.33. The Balaban J connectivity index is 0.000000244. The van der Waals surface area contributed by atoms with Crippen molar-refractivity contribution in [2.45, 2.75) is 76.7 Å². The number of nitrogens with zero attached hydrogens (tertiary/aromatic N) is 4. The Kier molecular flexibility index (Phi) is 20.7. The van der Waals surface area contributed by atoms with E-state index in [0.29, 0.717) is 43.5 Å². The molecule has 2 N–H and O–H groups in total. The summed E-state index contributed by atoms with van der Waals surface area (Å²) in [6.07, 6.45) is 10.2. The molecule has 67 heavy (non-hydrogen) atoms. The lowest BCUT2D eigenvalue weighted by Crippen LogP contribution is -2.24. The molecule has 2 aliphatic rings. The number of esters is 1. The zero-order valence-electron chi connectivity index (χ0n) is 36.9. The zero-order valence-corrected chi connectivity index (χ0v) is 36.9. The van der Waals surface area contributed by atoms with E-state index in [-0.39, 0.29) is 22.2 Å². The van der Waals surface area contributed by atoms with Crippen molar-refractivity contribution in [3.05, 3.63) is 189 Å². The third kappa shape index (κ3) is 17.9. The predicted molar refractivity (Wildman–Crippen MR) is 254 cm³/mol. The Bertz CT molecular complexity index is 2490. The highest BCUT2D eigenvalue weighted by atomic mass is 16.6. The van der Waals surface area contributed by atoms with Gasteiger partial charge >= 0.3 is 23.8 Å². The molecule has 0 fully saturated rings. The van der Waals surface area contributed by atoms with Crippen LogP contribution in [0.25, 0.3) is 0 Å². The van der Waals surface area contributed by atoms with Crippen LogP contribution < -0.4 is 9.80 Å². The summed E-state index contributed by atoms with van der Waals surface area (Å²) < 4.78 is 5.23. The van der Waals surface area contributed by atoms with E-state index < -0.39 is 42.1 Å². The second kappa shape index (κ2) is 27.0. The second-order valence-electron chi connectivity index (χ2n) is 14.9. The molecule has 2 amide bonds. The summed E-state index contributed by atoms with van der Waals surface area (Å²) >= 11 is 0. The molecule has 0 aromatic heterocycles. The van der Waals surface area contributed by atoms with Crippen LogP contribution in [-0.4, -0.2) is 68.1 Å². The third-order valence-electron chi connectivity index (χ3n) is 9.75. The highest BCUT2D eigenvalue weighted by molar-refractivity contribution is 6.11. The van der Waals surface area contributed by atoms with Crippen molar-refractivity contribution < 1.29 is 44.0 Å². The minimum atomic E-state index is -1.03. The molecule has 4 aromatic rings. The van der Waals surface area contributed by atoms with Gasteiger partial charge in [0.2, 0.25) is 12.1 Å². The highest BCUT2D eigenvalue weighted by Gasteiger charge is 2.25. The Hall–Kier alpha value is -8.40. The number of nitro groups is 2. The lowest BCUT2D eigenvalue weighted by Gasteiger charge is -2.20. The van der Waals surface area contributed by atoms with E-state index in [1.165, 1.54) is 35.0 Å². The van der Waals surface area contributed by atoms with Gasteiger partial charge in [-0.05, 0) is 104 Å². The van der Waals surface area contributed by atoms with Gasteiger partial charge in [0.15, 0.2) is 6.10 Å². The van der Waals surface area contributed by atoms with Gasteiger partial charge in [0.25, 0.3) is 0 Å². The molecule has 0 saturated heterocycles. The maximum Gasteiger partial charge on any atom is 0.331 e. The van der Waals surface area contributed by atoms with Crippen molar-refractivity contribution in [1.29, 1.82) is 0 Å². The lowest BCUT2D eigenvalue weighted by molar-refractivity contribution is -0.523. The number of carboxylic acid groups (broad SMARTS) is 1. The first-order valence-electron chi connectivity index (χ1n) is 21.3. The fraction of sp³-hybridized carbons (Fsp3) is 0.231. The van der Waals surface area contributed by atoms with Crippen molar-refractivity contribution in [3.63, 3.8) is 0 Å². The van der Waals surface area contributed by atoms with E-state index in [2.05, 4.69) is 23.7 Å². The van der Waals surface area contributed by atoms with Crippen molar-refractivity contribution in [3.8, 4) is 23.7 Å². The van der Waals surface area contributed by atoms with Crippen LogP contribution in [0.15, 0.2) is 169 Å². The van der Waals surface area contributed by atoms with Crippen LogP contribution in [-0.2, 0) is 23.9 Å². The number of aliphatic hydroxyl groups excluding tert-OH is 1. The largest absolute Gasteiger partial charge is 0.478 e. The molecule has 2 aliphatic carbocycles. The minimum Gasteiger partial charge on any atom is -0.478 e. The van der Waals surface area contributed by atoms with Gasteiger partial charge < -0.3 is 14.9 Å². The maximum atomic E-state index is 12.9. The van der Waals surface area contributed by atoms with Gasteiger partial charge in [-0.3, -0.25) is 39.6 Å². The second-order valence-corrected chi connectivity index (χ2v) is 14.9. The van der Waals surface area contributed by atoms with E-state index >= 15 is 0 Å². The third-order valence-corrected chi connectivity index (χ3v) is 9.75. The van der Waals surface area contributed by atoms with Gasteiger partial charge in [-0.25, -0.2) is 9.59 Å². The molecule has 15 nitrogen and oxygen atoms in total. The number of para-hydroxylation sites is 4. The fourth-order valence-corrected chi connectivity index (χ4v) is 6.58. The van der Waals surface area contributed by atoms with Crippen LogP contribution in [0.5, 0.6) is 0 Å². The summed E-state index contributed by atoms with van der Waals surface area (Å²) in [6.45, 7) is 3.10. The number of hydrogen-bond donors (Lipinski definition) is 2. The molecule has 0 aliphatic heterocycles. The topological polar surface area (TPSA) is 211 Å². The first-order chi connectivity index (χ1) is 32.2. The number of amides is 2. The fourth-order valence-electron chi connectivity index (χ4n) is 6.58. The number of aliphatic hydroxyl groups is 1.